The van der Waals surface area contributed by atoms with Gasteiger partial charge in [-0.05, 0) is 35.6 Å². The lowest BCUT2D eigenvalue weighted by atomic mass is 9.93. The lowest BCUT2D eigenvalue weighted by molar-refractivity contribution is -0.117. The third-order valence-corrected chi connectivity index (χ3v) is 5.73. The fourth-order valence-electron chi connectivity index (χ4n) is 3.62. The lowest BCUT2D eigenvalue weighted by Gasteiger charge is -2.13. The van der Waals surface area contributed by atoms with Crippen molar-refractivity contribution in [2.75, 3.05) is 0 Å². The number of rotatable bonds is 7. The number of pyridine rings is 2. The molecule has 4 heterocycles. The minimum absolute atomic E-state index is 0.000605. The van der Waals surface area contributed by atoms with Crippen LogP contribution >= 0.6 is 11.3 Å². The first-order valence-electron chi connectivity index (χ1n) is 9.73. The Balaban J connectivity index is 1.59. The summed E-state index contributed by atoms with van der Waals surface area (Å²) in [5, 5.41) is 8.27. The van der Waals surface area contributed by atoms with Crippen LogP contribution in [0.2, 0.25) is 0 Å². The standard InChI is InChI=1S/C21H20F2N6OS/c1-11(2)17-14(10-25-21-18(17)27-12(3)31-21)8-15(30)6-13-7-16(19(22)23)20(24-9-13)29-5-4-26-28-29/h4-5,7,9-11,19H,6,8H2,1-3H3. The summed E-state index contributed by atoms with van der Waals surface area (Å²) in [5.41, 5.74) is 2.80. The number of ketones is 1. The van der Waals surface area contributed by atoms with Crippen molar-refractivity contribution in [3.8, 4) is 5.82 Å². The molecule has 0 unspecified atom stereocenters. The number of aromatic nitrogens is 6. The zero-order valence-corrected chi connectivity index (χ0v) is 18.0. The van der Waals surface area contributed by atoms with Gasteiger partial charge in [0, 0.05) is 25.2 Å². The number of hydrogen-bond donors (Lipinski definition) is 0. The van der Waals surface area contributed by atoms with Crippen molar-refractivity contribution in [2.24, 2.45) is 0 Å². The van der Waals surface area contributed by atoms with Gasteiger partial charge in [-0.15, -0.1) is 5.10 Å². The predicted molar refractivity (Wildman–Crippen MR) is 113 cm³/mol. The molecule has 4 aromatic rings. The Morgan fingerprint density at radius 1 is 1.19 bits per heavy atom. The summed E-state index contributed by atoms with van der Waals surface area (Å²) < 4.78 is 28.3. The van der Waals surface area contributed by atoms with E-state index in [1.165, 1.54) is 40.7 Å². The molecule has 0 spiro atoms. The summed E-state index contributed by atoms with van der Waals surface area (Å²) in [6.45, 7) is 6.04. The van der Waals surface area contributed by atoms with Crippen LogP contribution in [-0.4, -0.2) is 35.7 Å². The molecule has 10 heteroatoms. The van der Waals surface area contributed by atoms with Crippen molar-refractivity contribution >= 4 is 27.5 Å². The highest BCUT2D eigenvalue weighted by molar-refractivity contribution is 7.18. The van der Waals surface area contributed by atoms with Crippen molar-refractivity contribution in [3.05, 3.63) is 58.1 Å². The molecule has 0 aliphatic carbocycles. The number of carbonyl (C=O) groups excluding carboxylic acids is 1. The van der Waals surface area contributed by atoms with Gasteiger partial charge in [-0.25, -0.2) is 28.4 Å². The maximum atomic E-state index is 13.6. The molecule has 0 aliphatic rings. The number of alkyl halides is 2. The quantitative estimate of drug-likeness (QED) is 0.422. The molecule has 0 bridgehead atoms. The van der Waals surface area contributed by atoms with Crippen molar-refractivity contribution in [1.29, 1.82) is 0 Å². The summed E-state index contributed by atoms with van der Waals surface area (Å²) in [4.78, 5) is 26.8. The van der Waals surface area contributed by atoms with E-state index in [9.17, 15) is 13.6 Å². The zero-order valence-electron chi connectivity index (χ0n) is 17.2. The number of halogens is 2. The first-order valence-corrected chi connectivity index (χ1v) is 10.6. The largest absolute Gasteiger partial charge is 0.299 e. The molecular weight excluding hydrogens is 422 g/mol. The van der Waals surface area contributed by atoms with Crippen LogP contribution in [-0.2, 0) is 17.6 Å². The molecule has 4 aromatic heterocycles. The van der Waals surface area contributed by atoms with Gasteiger partial charge in [0.25, 0.3) is 6.43 Å². The van der Waals surface area contributed by atoms with E-state index in [4.69, 9.17) is 0 Å². The minimum Gasteiger partial charge on any atom is -0.299 e. The predicted octanol–water partition coefficient (Wildman–Crippen LogP) is 4.39. The molecule has 0 saturated carbocycles. The van der Waals surface area contributed by atoms with Gasteiger partial charge in [-0.3, -0.25) is 4.79 Å². The molecule has 31 heavy (non-hydrogen) atoms. The second kappa shape index (κ2) is 8.54. The minimum atomic E-state index is -2.76. The lowest BCUT2D eigenvalue weighted by Crippen LogP contribution is -2.12. The SMILES string of the molecule is Cc1nc2c(C(C)C)c(CC(=O)Cc3cnc(-n4ccnn4)c(C(F)F)c3)cnc2s1. The van der Waals surface area contributed by atoms with Gasteiger partial charge >= 0.3 is 0 Å². The van der Waals surface area contributed by atoms with Gasteiger partial charge in [0.1, 0.15) is 16.1 Å². The maximum absolute atomic E-state index is 13.6. The average Bonchev–Trinajstić information content (AvgIpc) is 3.36. The van der Waals surface area contributed by atoms with Crippen LogP contribution in [0.3, 0.4) is 0 Å². The van der Waals surface area contributed by atoms with Gasteiger partial charge in [0.05, 0.1) is 23.0 Å². The fraction of sp³-hybridized carbons (Fsp3) is 0.333. The number of aryl methyl sites for hydroxylation is 1. The third kappa shape index (κ3) is 4.34. The number of thiazole rings is 1. The summed E-state index contributed by atoms with van der Waals surface area (Å²) >= 11 is 1.52. The average molecular weight is 442 g/mol. The molecule has 0 N–H and O–H groups in total. The van der Waals surface area contributed by atoms with E-state index < -0.39 is 6.43 Å². The molecule has 0 aromatic carbocycles. The highest BCUT2D eigenvalue weighted by atomic mass is 32.1. The summed E-state index contributed by atoms with van der Waals surface area (Å²) in [7, 11) is 0. The van der Waals surface area contributed by atoms with E-state index >= 15 is 0 Å². The monoisotopic (exact) mass is 442 g/mol. The Kier molecular flexibility index (Phi) is 5.81. The maximum Gasteiger partial charge on any atom is 0.267 e. The van der Waals surface area contributed by atoms with Crippen LogP contribution in [0.15, 0.2) is 30.9 Å². The van der Waals surface area contributed by atoms with E-state index in [-0.39, 0.29) is 35.9 Å². The van der Waals surface area contributed by atoms with Gasteiger partial charge in [0.2, 0.25) is 0 Å². The molecule has 0 aliphatic heterocycles. The van der Waals surface area contributed by atoms with Crippen LogP contribution in [0.5, 0.6) is 0 Å². The molecule has 0 amide bonds. The Bertz CT molecular complexity index is 1240. The van der Waals surface area contributed by atoms with E-state index in [0.717, 1.165) is 26.5 Å². The van der Waals surface area contributed by atoms with E-state index in [1.807, 2.05) is 6.92 Å². The first kappa shape index (κ1) is 21.1. The summed E-state index contributed by atoms with van der Waals surface area (Å²) in [6, 6.07) is 1.31. The molecule has 0 radical (unpaired) electrons. The molecule has 160 valence electrons. The van der Waals surface area contributed by atoms with Crippen molar-refractivity contribution < 1.29 is 13.6 Å². The highest BCUT2D eigenvalue weighted by Crippen LogP contribution is 2.31. The second-order valence-corrected chi connectivity index (χ2v) is 8.72. The summed E-state index contributed by atoms with van der Waals surface area (Å²) in [5.74, 6) is 0.0636. The Morgan fingerprint density at radius 3 is 2.68 bits per heavy atom. The molecule has 0 atom stereocenters. The Hall–Kier alpha value is -3.14. The topological polar surface area (TPSA) is 86.5 Å². The molecule has 0 fully saturated rings. The van der Waals surface area contributed by atoms with Crippen LogP contribution in [0, 0.1) is 6.92 Å². The van der Waals surface area contributed by atoms with Crippen LogP contribution < -0.4 is 0 Å². The van der Waals surface area contributed by atoms with E-state index in [0.29, 0.717) is 5.56 Å². The molecular formula is C21H20F2N6OS. The number of hydrogen-bond acceptors (Lipinski definition) is 7. The van der Waals surface area contributed by atoms with Crippen LogP contribution in [0.25, 0.3) is 16.2 Å². The van der Waals surface area contributed by atoms with Gasteiger partial charge < -0.3 is 0 Å². The first-order chi connectivity index (χ1) is 14.8. The van der Waals surface area contributed by atoms with Crippen molar-refractivity contribution in [1.82, 2.24) is 29.9 Å². The van der Waals surface area contributed by atoms with E-state index in [2.05, 4.69) is 39.1 Å². The smallest absolute Gasteiger partial charge is 0.267 e. The second-order valence-electron chi connectivity index (χ2n) is 7.54. The number of carbonyl (C=O) groups is 1. The van der Waals surface area contributed by atoms with Gasteiger partial charge in [0.15, 0.2) is 5.82 Å². The summed E-state index contributed by atoms with van der Waals surface area (Å²) in [6.07, 6.45) is 3.37. The molecule has 0 saturated heterocycles. The fourth-order valence-corrected chi connectivity index (χ4v) is 4.39. The third-order valence-electron chi connectivity index (χ3n) is 4.85. The Morgan fingerprint density at radius 2 is 2.00 bits per heavy atom. The van der Waals surface area contributed by atoms with Crippen LogP contribution in [0.1, 0.15) is 53.5 Å². The van der Waals surface area contributed by atoms with E-state index in [1.54, 1.807) is 6.20 Å². The van der Waals surface area contributed by atoms with Crippen molar-refractivity contribution in [3.63, 3.8) is 0 Å². The number of nitrogens with zero attached hydrogens (tertiary/aromatic N) is 6. The van der Waals surface area contributed by atoms with Gasteiger partial charge in [-0.1, -0.05) is 30.4 Å². The normalized spacial score (nSPS) is 11.7. The molecule has 7 nitrogen and oxygen atoms in total. The number of Topliss-reactive ketones (excluding diaryl/α,β-unsaturated/α-hetero) is 1. The number of fused-ring (bicyclic) bond motifs is 1. The Labute approximate surface area is 181 Å². The van der Waals surface area contributed by atoms with Crippen molar-refractivity contribution in [2.45, 2.75) is 46.0 Å². The van der Waals surface area contributed by atoms with Gasteiger partial charge in [-0.2, -0.15) is 0 Å². The van der Waals surface area contributed by atoms with Crippen LogP contribution in [0.4, 0.5) is 8.78 Å². The molecule has 4 rings (SSSR count). The highest BCUT2D eigenvalue weighted by Gasteiger charge is 2.20. The zero-order chi connectivity index (χ0) is 22.1.